The van der Waals surface area contributed by atoms with E-state index >= 15 is 0 Å². The van der Waals surface area contributed by atoms with Crippen LogP contribution in [0.15, 0.2) is 12.4 Å². The third-order valence-electron chi connectivity index (χ3n) is 4.13. The van der Waals surface area contributed by atoms with Crippen molar-refractivity contribution in [3.63, 3.8) is 0 Å². The highest BCUT2D eigenvalue weighted by atomic mass is 15.2. The fourth-order valence-corrected chi connectivity index (χ4v) is 2.72. The van der Waals surface area contributed by atoms with Gasteiger partial charge < -0.3 is 15.2 Å². The molecule has 0 saturated carbocycles. The molecule has 0 aromatic carbocycles. The average molecular weight is 238 g/mol. The molecule has 0 aliphatic carbocycles. The molecule has 98 valence electrons. The minimum Gasteiger partial charge on any atom is -0.338 e. The molecule has 0 fully saturated rings. The second-order valence-electron chi connectivity index (χ2n) is 4.97. The van der Waals surface area contributed by atoms with Gasteiger partial charge in [0.2, 0.25) is 0 Å². The molecule has 17 heavy (non-hydrogen) atoms. The van der Waals surface area contributed by atoms with Gasteiger partial charge in [0.1, 0.15) is 5.82 Å². The van der Waals surface area contributed by atoms with Gasteiger partial charge in [-0.15, -0.1) is 0 Å². The topological polar surface area (TPSA) is 47.1 Å². The highest BCUT2D eigenvalue weighted by molar-refractivity contribution is 5.02. The number of nitrogens with two attached hydrogens (primary N) is 1. The van der Waals surface area contributed by atoms with Gasteiger partial charge in [-0.3, -0.25) is 0 Å². The normalized spacial score (nSPS) is 14.3. The Balaban J connectivity index is 2.86. The van der Waals surface area contributed by atoms with Gasteiger partial charge in [-0.05, 0) is 26.9 Å². The van der Waals surface area contributed by atoms with Crippen LogP contribution in [0.3, 0.4) is 0 Å². The van der Waals surface area contributed by atoms with E-state index in [1.165, 1.54) is 0 Å². The molecule has 4 nitrogen and oxygen atoms in total. The van der Waals surface area contributed by atoms with E-state index in [9.17, 15) is 0 Å². The third-order valence-corrected chi connectivity index (χ3v) is 4.13. The maximum absolute atomic E-state index is 6.44. The van der Waals surface area contributed by atoms with Crippen LogP contribution in [0.4, 0.5) is 0 Å². The minimum absolute atomic E-state index is 0.0615. The summed E-state index contributed by atoms with van der Waals surface area (Å²) in [6.07, 6.45) is 6.74. The fourth-order valence-electron chi connectivity index (χ4n) is 2.72. The molecule has 0 radical (unpaired) electrons. The third kappa shape index (κ3) is 2.69. The largest absolute Gasteiger partial charge is 0.338 e. The van der Waals surface area contributed by atoms with Crippen LogP contribution in [0.25, 0.3) is 0 Å². The van der Waals surface area contributed by atoms with E-state index < -0.39 is 0 Å². The van der Waals surface area contributed by atoms with Gasteiger partial charge in [-0.1, -0.05) is 13.8 Å². The van der Waals surface area contributed by atoms with Crippen molar-refractivity contribution in [3.8, 4) is 0 Å². The number of aromatic nitrogens is 2. The lowest BCUT2D eigenvalue weighted by atomic mass is 9.82. The van der Waals surface area contributed by atoms with Crippen LogP contribution in [0, 0.1) is 0 Å². The summed E-state index contributed by atoms with van der Waals surface area (Å²) in [5, 5.41) is 0. The molecular weight excluding hydrogens is 212 g/mol. The summed E-state index contributed by atoms with van der Waals surface area (Å²) < 4.78 is 2.05. The molecule has 1 aromatic heterocycles. The Hall–Kier alpha value is -0.870. The number of hydrogen-bond donors (Lipinski definition) is 1. The Morgan fingerprint density at radius 1 is 1.41 bits per heavy atom. The second kappa shape index (κ2) is 5.65. The van der Waals surface area contributed by atoms with Crippen molar-refractivity contribution >= 4 is 0 Å². The average Bonchev–Trinajstić information content (AvgIpc) is 2.66. The van der Waals surface area contributed by atoms with Gasteiger partial charge in [-0.25, -0.2) is 4.98 Å². The SMILES string of the molecule is CCC(CC)(C(N)Cc1nccn1C)N(C)C. The number of aryl methyl sites for hydroxylation is 1. The molecule has 0 amide bonds. The molecule has 4 heteroatoms. The van der Waals surface area contributed by atoms with Gasteiger partial charge in [0.15, 0.2) is 0 Å². The molecule has 1 unspecified atom stereocenters. The number of likely N-dealkylation sites (N-methyl/N-ethyl adjacent to an activating group) is 1. The van der Waals surface area contributed by atoms with E-state index in [-0.39, 0.29) is 11.6 Å². The Bertz CT molecular complexity index is 339. The van der Waals surface area contributed by atoms with Gasteiger partial charge in [0.25, 0.3) is 0 Å². The van der Waals surface area contributed by atoms with Crippen molar-refractivity contribution in [2.45, 2.75) is 44.7 Å². The zero-order valence-corrected chi connectivity index (χ0v) is 11.8. The Morgan fingerprint density at radius 2 is 2.00 bits per heavy atom. The fraction of sp³-hybridized carbons (Fsp3) is 0.769. The Labute approximate surface area is 105 Å². The van der Waals surface area contributed by atoms with Crippen molar-refractivity contribution in [1.29, 1.82) is 0 Å². The summed E-state index contributed by atoms with van der Waals surface area (Å²) >= 11 is 0. The first-order valence-electron chi connectivity index (χ1n) is 6.37. The molecule has 0 saturated heterocycles. The second-order valence-corrected chi connectivity index (χ2v) is 4.97. The lowest BCUT2D eigenvalue weighted by Gasteiger charge is -2.43. The van der Waals surface area contributed by atoms with E-state index in [0.717, 1.165) is 25.1 Å². The maximum Gasteiger partial charge on any atom is 0.109 e. The summed E-state index contributed by atoms with van der Waals surface area (Å²) in [6, 6.07) is 0.105. The van der Waals surface area contributed by atoms with Crippen LogP contribution >= 0.6 is 0 Å². The zero-order chi connectivity index (χ0) is 13.1. The van der Waals surface area contributed by atoms with E-state index in [4.69, 9.17) is 5.73 Å². The van der Waals surface area contributed by atoms with Crippen molar-refractivity contribution < 1.29 is 0 Å². The summed E-state index contributed by atoms with van der Waals surface area (Å²) in [5.74, 6) is 1.06. The van der Waals surface area contributed by atoms with Gasteiger partial charge in [0.05, 0.1) is 0 Å². The first-order valence-corrected chi connectivity index (χ1v) is 6.37. The van der Waals surface area contributed by atoms with Crippen LogP contribution in [0.2, 0.25) is 0 Å². The smallest absolute Gasteiger partial charge is 0.109 e. The van der Waals surface area contributed by atoms with Gasteiger partial charge in [-0.2, -0.15) is 0 Å². The highest BCUT2D eigenvalue weighted by Gasteiger charge is 2.35. The Kier molecular flexibility index (Phi) is 4.71. The lowest BCUT2D eigenvalue weighted by molar-refractivity contribution is 0.104. The van der Waals surface area contributed by atoms with Crippen LogP contribution in [-0.2, 0) is 13.5 Å². The van der Waals surface area contributed by atoms with Gasteiger partial charge in [0, 0.05) is 37.4 Å². The van der Waals surface area contributed by atoms with Crippen LogP contribution in [0.1, 0.15) is 32.5 Å². The van der Waals surface area contributed by atoms with Crippen molar-refractivity contribution in [3.05, 3.63) is 18.2 Å². The lowest BCUT2D eigenvalue weighted by Crippen LogP contribution is -2.57. The molecule has 1 heterocycles. The number of nitrogens with zero attached hydrogens (tertiary/aromatic N) is 3. The van der Waals surface area contributed by atoms with E-state index in [2.05, 4.69) is 37.8 Å². The van der Waals surface area contributed by atoms with Crippen LogP contribution < -0.4 is 5.73 Å². The van der Waals surface area contributed by atoms with E-state index in [1.807, 2.05) is 24.0 Å². The Morgan fingerprint density at radius 3 is 2.35 bits per heavy atom. The van der Waals surface area contributed by atoms with Crippen LogP contribution in [-0.4, -0.2) is 40.1 Å². The molecule has 0 aliphatic rings. The van der Waals surface area contributed by atoms with Crippen molar-refractivity contribution in [1.82, 2.24) is 14.5 Å². The molecule has 2 N–H and O–H groups in total. The first-order chi connectivity index (χ1) is 7.97. The summed E-state index contributed by atoms with van der Waals surface area (Å²) in [5.41, 5.74) is 6.50. The summed E-state index contributed by atoms with van der Waals surface area (Å²) in [7, 11) is 6.25. The van der Waals surface area contributed by atoms with Gasteiger partial charge >= 0.3 is 0 Å². The molecule has 1 aromatic rings. The first kappa shape index (κ1) is 14.2. The summed E-state index contributed by atoms with van der Waals surface area (Å²) in [4.78, 5) is 6.63. The summed E-state index contributed by atoms with van der Waals surface area (Å²) in [6.45, 7) is 4.42. The predicted molar refractivity (Wildman–Crippen MR) is 71.9 cm³/mol. The van der Waals surface area contributed by atoms with E-state index in [0.29, 0.717) is 0 Å². The van der Waals surface area contributed by atoms with Crippen molar-refractivity contribution in [2.24, 2.45) is 12.8 Å². The number of imidazole rings is 1. The van der Waals surface area contributed by atoms with Crippen molar-refractivity contribution in [2.75, 3.05) is 14.1 Å². The molecule has 1 rings (SSSR count). The molecular formula is C13H26N4. The maximum atomic E-state index is 6.44. The standard InChI is InChI=1S/C13H26N4/c1-6-13(7-2,16(3)4)11(14)10-12-15-8-9-17(12)5/h8-9,11H,6-7,10,14H2,1-5H3. The minimum atomic E-state index is 0.0615. The predicted octanol–water partition coefficient (Wildman–Crippen LogP) is 1.41. The van der Waals surface area contributed by atoms with Crippen LogP contribution in [0.5, 0.6) is 0 Å². The molecule has 1 atom stereocenters. The molecule has 0 bridgehead atoms. The number of hydrogen-bond acceptors (Lipinski definition) is 3. The molecule has 0 spiro atoms. The quantitative estimate of drug-likeness (QED) is 0.815. The monoisotopic (exact) mass is 238 g/mol. The zero-order valence-electron chi connectivity index (χ0n) is 11.8. The molecule has 0 aliphatic heterocycles. The number of rotatable bonds is 6. The highest BCUT2D eigenvalue weighted by Crippen LogP contribution is 2.26. The van der Waals surface area contributed by atoms with E-state index in [1.54, 1.807) is 0 Å².